The first-order chi connectivity index (χ1) is 7.16. The summed E-state index contributed by atoms with van der Waals surface area (Å²) < 4.78 is 22.4. The van der Waals surface area contributed by atoms with E-state index in [1.165, 1.54) is 0 Å². The average Bonchev–Trinajstić information content (AvgIpc) is 2.03. The molecule has 0 aromatic rings. The van der Waals surface area contributed by atoms with E-state index in [1.807, 2.05) is 41.5 Å². The smallest absolute Gasteiger partial charge is 0.181 e. The van der Waals surface area contributed by atoms with Crippen molar-refractivity contribution in [1.82, 2.24) is 0 Å². The lowest BCUT2D eigenvalue weighted by molar-refractivity contribution is -0.321. The zero-order valence-electron chi connectivity index (χ0n) is 11.2. The Labute approximate surface area is 98.2 Å². The second kappa shape index (κ2) is 5.00. The number of hydrogen-bond donors (Lipinski definition) is 0. The van der Waals surface area contributed by atoms with E-state index in [-0.39, 0.29) is 23.8 Å². The van der Waals surface area contributed by atoms with Crippen LogP contribution in [0.1, 0.15) is 41.5 Å². The molecule has 1 rings (SSSR count). The summed E-state index contributed by atoms with van der Waals surface area (Å²) in [4.78, 5) is 0. The summed E-state index contributed by atoms with van der Waals surface area (Å²) in [6.45, 7) is 12.8. The highest BCUT2D eigenvalue weighted by atomic mass is 16.8. The molecule has 96 valence electrons. The lowest BCUT2D eigenvalue weighted by Crippen LogP contribution is -2.44. The maximum atomic E-state index is 5.65. The summed E-state index contributed by atoms with van der Waals surface area (Å²) in [6, 6.07) is 0. The molecular weight excluding hydrogens is 208 g/mol. The van der Waals surface area contributed by atoms with Gasteiger partial charge in [0.1, 0.15) is 13.2 Å². The molecule has 2 unspecified atom stereocenters. The first-order valence-corrected chi connectivity index (χ1v) is 5.74. The van der Waals surface area contributed by atoms with Crippen molar-refractivity contribution in [3.8, 4) is 0 Å². The van der Waals surface area contributed by atoms with E-state index in [2.05, 4.69) is 0 Å². The van der Waals surface area contributed by atoms with Gasteiger partial charge in [0.15, 0.2) is 12.6 Å². The van der Waals surface area contributed by atoms with Gasteiger partial charge in [-0.3, -0.25) is 0 Å². The minimum Gasteiger partial charge on any atom is -0.345 e. The van der Waals surface area contributed by atoms with Crippen LogP contribution in [-0.2, 0) is 18.9 Å². The second-order valence-corrected chi connectivity index (χ2v) is 5.99. The van der Waals surface area contributed by atoms with Gasteiger partial charge in [-0.05, 0) is 41.5 Å². The van der Waals surface area contributed by atoms with Crippen molar-refractivity contribution in [2.75, 3.05) is 13.2 Å². The summed E-state index contributed by atoms with van der Waals surface area (Å²) in [7, 11) is 0. The molecule has 0 bridgehead atoms. The van der Waals surface area contributed by atoms with Gasteiger partial charge in [-0.25, -0.2) is 0 Å². The monoisotopic (exact) mass is 232 g/mol. The van der Waals surface area contributed by atoms with E-state index in [1.54, 1.807) is 0 Å². The van der Waals surface area contributed by atoms with Gasteiger partial charge in [-0.1, -0.05) is 0 Å². The van der Waals surface area contributed by atoms with Crippen LogP contribution < -0.4 is 0 Å². The molecule has 0 amide bonds. The quantitative estimate of drug-likeness (QED) is 0.732. The summed E-state index contributed by atoms with van der Waals surface area (Å²) in [5, 5.41) is 0. The van der Waals surface area contributed by atoms with Crippen molar-refractivity contribution < 1.29 is 18.9 Å². The number of hydrogen-bond acceptors (Lipinski definition) is 4. The molecule has 0 radical (unpaired) electrons. The third-order valence-electron chi connectivity index (χ3n) is 1.81. The fourth-order valence-electron chi connectivity index (χ4n) is 1.39. The van der Waals surface area contributed by atoms with Gasteiger partial charge in [0.05, 0.1) is 11.2 Å². The minimum atomic E-state index is -0.292. The molecule has 0 N–H and O–H groups in total. The minimum absolute atomic E-state index is 0.217. The molecule has 1 aliphatic heterocycles. The first-order valence-electron chi connectivity index (χ1n) is 5.74. The van der Waals surface area contributed by atoms with Gasteiger partial charge in [0.2, 0.25) is 0 Å². The highest BCUT2D eigenvalue weighted by Crippen LogP contribution is 2.19. The van der Waals surface area contributed by atoms with E-state index in [9.17, 15) is 0 Å². The lowest BCUT2D eigenvalue weighted by atomic mass is 10.2. The zero-order valence-corrected chi connectivity index (χ0v) is 11.2. The first kappa shape index (κ1) is 13.9. The maximum absolute atomic E-state index is 5.65. The summed E-state index contributed by atoms with van der Waals surface area (Å²) >= 11 is 0. The van der Waals surface area contributed by atoms with E-state index in [0.717, 1.165) is 0 Å². The Bertz CT molecular complexity index is 182. The molecule has 2 atom stereocenters. The predicted octanol–water partition coefficient (Wildman–Crippen LogP) is 2.32. The Kier molecular flexibility index (Phi) is 4.35. The van der Waals surface area contributed by atoms with Crippen LogP contribution in [0, 0.1) is 0 Å². The molecule has 4 heteroatoms. The van der Waals surface area contributed by atoms with Gasteiger partial charge in [0, 0.05) is 0 Å². The highest BCUT2D eigenvalue weighted by molar-refractivity contribution is 4.66. The van der Waals surface area contributed by atoms with Crippen LogP contribution in [-0.4, -0.2) is 37.0 Å². The van der Waals surface area contributed by atoms with Crippen molar-refractivity contribution in [2.24, 2.45) is 0 Å². The maximum Gasteiger partial charge on any atom is 0.181 e. The van der Waals surface area contributed by atoms with Crippen LogP contribution in [0.25, 0.3) is 0 Å². The van der Waals surface area contributed by atoms with Gasteiger partial charge in [-0.15, -0.1) is 0 Å². The van der Waals surface area contributed by atoms with Gasteiger partial charge < -0.3 is 18.9 Å². The summed E-state index contributed by atoms with van der Waals surface area (Å²) in [5.74, 6) is 0. The van der Waals surface area contributed by atoms with Crippen molar-refractivity contribution in [3.63, 3.8) is 0 Å². The Hall–Kier alpha value is -0.160. The Balaban J connectivity index is 2.29. The Morgan fingerprint density at radius 3 is 1.25 bits per heavy atom. The van der Waals surface area contributed by atoms with Crippen LogP contribution in [0.2, 0.25) is 0 Å². The van der Waals surface area contributed by atoms with Crippen LogP contribution in [0.5, 0.6) is 0 Å². The molecule has 0 aliphatic carbocycles. The highest BCUT2D eigenvalue weighted by Gasteiger charge is 2.29. The van der Waals surface area contributed by atoms with Gasteiger partial charge in [-0.2, -0.15) is 0 Å². The molecule has 1 aliphatic rings. The van der Waals surface area contributed by atoms with Crippen molar-refractivity contribution >= 4 is 0 Å². The summed E-state index contributed by atoms with van der Waals surface area (Å²) in [6.07, 6.45) is -0.584. The molecule has 1 fully saturated rings. The number of ether oxygens (including phenoxy) is 4. The zero-order chi connectivity index (χ0) is 12.4. The Morgan fingerprint density at radius 1 is 0.750 bits per heavy atom. The van der Waals surface area contributed by atoms with E-state index < -0.39 is 0 Å². The fraction of sp³-hybridized carbons (Fsp3) is 1.00. The van der Waals surface area contributed by atoms with Crippen LogP contribution >= 0.6 is 0 Å². The Morgan fingerprint density at radius 2 is 1.06 bits per heavy atom. The standard InChI is InChI=1S/C12H24O4/c1-11(2,3)15-9-7-14-10(8-13-9)16-12(4,5)6/h9-10H,7-8H2,1-6H3. The molecule has 0 aromatic heterocycles. The molecule has 16 heavy (non-hydrogen) atoms. The molecule has 1 saturated heterocycles. The van der Waals surface area contributed by atoms with Gasteiger partial charge in [0.25, 0.3) is 0 Å². The van der Waals surface area contributed by atoms with E-state index in [4.69, 9.17) is 18.9 Å². The van der Waals surface area contributed by atoms with Crippen molar-refractivity contribution in [2.45, 2.75) is 65.3 Å². The van der Waals surface area contributed by atoms with Crippen LogP contribution in [0.15, 0.2) is 0 Å². The molecule has 0 spiro atoms. The molecular formula is C12H24O4. The third-order valence-corrected chi connectivity index (χ3v) is 1.81. The topological polar surface area (TPSA) is 36.9 Å². The van der Waals surface area contributed by atoms with E-state index in [0.29, 0.717) is 13.2 Å². The second-order valence-electron chi connectivity index (χ2n) is 5.99. The predicted molar refractivity (Wildman–Crippen MR) is 61.2 cm³/mol. The van der Waals surface area contributed by atoms with Crippen LogP contribution in [0.4, 0.5) is 0 Å². The lowest BCUT2D eigenvalue weighted by Gasteiger charge is -2.35. The normalized spacial score (nSPS) is 28.1. The number of rotatable bonds is 2. The van der Waals surface area contributed by atoms with E-state index >= 15 is 0 Å². The third kappa shape index (κ3) is 5.80. The average molecular weight is 232 g/mol. The molecule has 1 heterocycles. The molecule has 0 saturated carbocycles. The SMILES string of the molecule is CC(C)(C)OC1COC(OC(C)(C)C)CO1. The fourth-order valence-corrected chi connectivity index (χ4v) is 1.39. The summed E-state index contributed by atoms with van der Waals surface area (Å²) in [5.41, 5.74) is -0.433. The van der Waals surface area contributed by atoms with Crippen molar-refractivity contribution in [1.29, 1.82) is 0 Å². The largest absolute Gasteiger partial charge is 0.345 e. The van der Waals surface area contributed by atoms with Gasteiger partial charge >= 0.3 is 0 Å². The molecule has 4 nitrogen and oxygen atoms in total. The van der Waals surface area contributed by atoms with Crippen molar-refractivity contribution in [3.05, 3.63) is 0 Å². The molecule has 0 aromatic carbocycles. The van der Waals surface area contributed by atoms with Crippen LogP contribution in [0.3, 0.4) is 0 Å².